The van der Waals surface area contributed by atoms with Crippen LogP contribution in [0.3, 0.4) is 0 Å². The van der Waals surface area contributed by atoms with E-state index in [0.29, 0.717) is 5.92 Å². The van der Waals surface area contributed by atoms with Crippen molar-refractivity contribution in [3.63, 3.8) is 0 Å². The summed E-state index contributed by atoms with van der Waals surface area (Å²) in [6.07, 6.45) is 5.29. The van der Waals surface area contributed by atoms with Crippen LogP contribution in [0.15, 0.2) is 0 Å². The summed E-state index contributed by atoms with van der Waals surface area (Å²) in [7, 11) is 0. The molecule has 0 atom stereocenters. The zero-order chi connectivity index (χ0) is 9.84. The maximum Gasteiger partial charge on any atom is 0.184 e. The maximum atomic E-state index is 5.29. The average Bonchev–Trinajstić information content (AvgIpc) is 2.43. The number of hydrogen-bond acceptors (Lipinski definition) is 3. The van der Waals surface area contributed by atoms with Gasteiger partial charge < -0.3 is 5.32 Å². The number of aromatic nitrogens is 1. The Balaban J connectivity index is 2.64. The Morgan fingerprint density at radius 2 is 2.31 bits per heavy atom. The molecule has 0 amide bonds. The molecule has 0 fully saturated rings. The molecule has 2 nitrogen and oxygen atoms in total. The Kier molecular flexibility index (Phi) is 3.32. The van der Waals surface area contributed by atoms with Crippen molar-refractivity contribution in [2.24, 2.45) is 5.92 Å². The summed E-state index contributed by atoms with van der Waals surface area (Å²) < 4.78 is 0. The van der Waals surface area contributed by atoms with Gasteiger partial charge >= 0.3 is 0 Å². The zero-order valence-electron chi connectivity index (χ0n) is 8.22. The van der Waals surface area contributed by atoms with Gasteiger partial charge in [0.2, 0.25) is 0 Å². The molecule has 0 bridgehead atoms. The number of rotatable bonds is 3. The number of anilines is 1. The van der Waals surface area contributed by atoms with Crippen molar-refractivity contribution in [3.05, 3.63) is 10.6 Å². The van der Waals surface area contributed by atoms with E-state index in [1.807, 2.05) is 6.92 Å². The molecule has 0 saturated carbocycles. The van der Waals surface area contributed by atoms with E-state index in [1.165, 1.54) is 0 Å². The zero-order valence-corrected chi connectivity index (χ0v) is 9.03. The molecule has 0 aliphatic rings. The van der Waals surface area contributed by atoms with Crippen LogP contribution in [0.25, 0.3) is 0 Å². The van der Waals surface area contributed by atoms with Gasteiger partial charge in [-0.05, 0) is 18.8 Å². The number of nitrogens with zero attached hydrogens (tertiary/aromatic N) is 1. The molecule has 1 aromatic rings. The maximum absolute atomic E-state index is 5.29. The number of thiazole rings is 1. The second-order valence-electron chi connectivity index (χ2n) is 3.34. The number of aryl methyl sites for hydroxylation is 1. The van der Waals surface area contributed by atoms with E-state index in [1.54, 1.807) is 11.3 Å². The highest BCUT2D eigenvalue weighted by atomic mass is 32.1. The molecule has 1 aromatic heterocycles. The van der Waals surface area contributed by atoms with E-state index < -0.39 is 0 Å². The van der Waals surface area contributed by atoms with Crippen molar-refractivity contribution < 1.29 is 0 Å². The van der Waals surface area contributed by atoms with Crippen LogP contribution in [0.4, 0.5) is 5.13 Å². The Hall–Kier alpha value is -1.01. The Morgan fingerprint density at radius 1 is 1.62 bits per heavy atom. The molecule has 0 aliphatic heterocycles. The molecule has 70 valence electrons. The summed E-state index contributed by atoms with van der Waals surface area (Å²) in [5, 5.41) is 4.18. The molecule has 0 spiro atoms. The molecule has 0 aromatic carbocycles. The quantitative estimate of drug-likeness (QED) is 0.748. The first-order valence-electron chi connectivity index (χ1n) is 4.31. The molecule has 13 heavy (non-hydrogen) atoms. The molecule has 1 N–H and O–H groups in total. The summed E-state index contributed by atoms with van der Waals surface area (Å²) in [6, 6.07) is 0. The summed E-state index contributed by atoms with van der Waals surface area (Å²) in [4.78, 5) is 5.38. The van der Waals surface area contributed by atoms with Gasteiger partial charge in [0.15, 0.2) is 5.13 Å². The summed E-state index contributed by atoms with van der Waals surface area (Å²) >= 11 is 1.62. The van der Waals surface area contributed by atoms with Crippen molar-refractivity contribution in [1.82, 2.24) is 4.98 Å². The van der Waals surface area contributed by atoms with Crippen LogP contribution in [0.2, 0.25) is 0 Å². The molecule has 0 aliphatic carbocycles. The van der Waals surface area contributed by atoms with E-state index in [2.05, 4.69) is 30.1 Å². The fourth-order valence-corrected chi connectivity index (χ4v) is 1.68. The highest BCUT2D eigenvalue weighted by Gasteiger charge is 2.04. The van der Waals surface area contributed by atoms with Crippen LogP contribution in [0.1, 0.15) is 24.4 Å². The highest BCUT2D eigenvalue weighted by Crippen LogP contribution is 2.21. The first kappa shape index (κ1) is 10.1. The van der Waals surface area contributed by atoms with Crippen molar-refractivity contribution in [3.8, 4) is 12.3 Å². The van der Waals surface area contributed by atoms with Gasteiger partial charge in [0.05, 0.1) is 0 Å². The summed E-state index contributed by atoms with van der Waals surface area (Å²) in [6.45, 7) is 7.26. The Morgan fingerprint density at radius 3 is 2.77 bits per heavy atom. The first-order chi connectivity index (χ1) is 6.13. The lowest BCUT2D eigenvalue weighted by Crippen LogP contribution is -2.07. The molecule has 0 unspecified atom stereocenters. The van der Waals surface area contributed by atoms with Gasteiger partial charge in [-0.15, -0.1) is 17.8 Å². The molecule has 0 saturated heterocycles. The fourth-order valence-electron chi connectivity index (χ4n) is 0.897. The van der Waals surface area contributed by atoms with Crippen LogP contribution < -0.4 is 5.32 Å². The van der Waals surface area contributed by atoms with Crippen molar-refractivity contribution in [2.45, 2.75) is 20.8 Å². The molecule has 0 radical (unpaired) electrons. The third kappa shape index (κ3) is 2.74. The van der Waals surface area contributed by atoms with E-state index >= 15 is 0 Å². The monoisotopic (exact) mass is 194 g/mol. The van der Waals surface area contributed by atoms with E-state index in [-0.39, 0.29) is 0 Å². The first-order valence-corrected chi connectivity index (χ1v) is 5.13. The average molecular weight is 194 g/mol. The third-order valence-electron chi connectivity index (χ3n) is 1.59. The van der Waals surface area contributed by atoms with Gasteiger partial charge in [-0.3, -0.25) is 0 Å². The fraction of sp³-hybridized carbons (Fsp3) is 0.500. The van der Waals surface area contributed by atoms with Gasteiger partial charge in [0.25, 0.3) is 0 Å². The van der Waals surface area contributed by atoms with Gasteiger partial charge in [-0.25, -0.2) is 4.98 Å². The van der Waals surface area contributed by atoms with Gasteiger partial charge in [0.1, 0.15) is 5.69 Å². The lowest BCUT2D eigenvalue weighted by atomic mass is 10.2. The van der Waals surface area contributed by atoms with Crippen LogP contribution >= 0.6 is 11.3 Å². The lowest BCUT2D eigenvalue weighted by Gasteiger charge is -2.03. The topological polar surface area (TPSA) is 24.9 Å². The second kappa shape index (κ2) is 4.29. The van der Waals surface area contributed by atoms with Gasteiger partial charge in [-0.1, -0.05) is 13.8 Å². The van der Waals surface area contributed by atoms with Crippen LogP contribution in [0, 0.1) is 25.2 Å². The summed E-state index contributed by atoms with van der Waals surface area (Å²) in [5.41, 5.74) is 0.760. The predicted molar refractivity (Wildman–Crippen MR) is 58.1 cm³/mol. The van der Waals surface area contributed by atoms with Crippen molar-refractivity contribution >= 4 is 16.5 Å². The molecule has 1 rings (SSSR count). The molecular weight excluding hydrogens is 180 g/mol. The van der Waals surface area contributed by atoms with Gasteiger partial charge in [-0.2, -0.15) is 0 Å². The van der Waals surface area contributed by atoms with Crippen molar-refractivity contribution in [2.75, 3.05) is 11.9 Å². The predicted octanol–water partition coefficient (Wildman–Crippen LogP) is 2.50. The Bertz CT molecular complexity index is 320. The molecule has 3 heteroatoms. The van der Waals surface area contributed by atoms with Crippen LogP contribution in [0.5, 0.6) is 0 Å². The van der Waals surface area contributed by atoms with Crippen LogP contribution in [-0.4, -0.2) is 11.5 Å². The number of hydrogen-bond donors (Lipinski definition) is 1. The van der Waals surface area contributed by atoms with Crippen LogP contribution in [-0.2, 0) is 0 Å². The summed E-state index contributed by atoms with van der Waals surface area (Å²) in [5.74, 6) is 3.19. The minimum Gasteiger partial charge on any atom is -0.361 e. The van der Waals surface area contributed by atoms with E-state index in [9.17, 15) is 0 Å². The molecule has 1 heterocycles. The smallest absolute Gasteiger partial charge is 0.184 e. The second-order valence-corrected chi connectivity index (χ2v) is 4.55. The number of nitrogens with one attached hydrogen (secondary N) is 1. The molecular formula is C10H14N2S. The third-order valence-corrected chi connectivity index (χ3v) is 2.52. The normalized spacial score (nSPS) is 10.1. The van der Waals surface area contributed by atoms with Gasteiger partial charge in [0, 0.05) is 11.4 Å². The highest BCUT2D eigenvalue weighted by molar-refractivity contribution is 7.15. The number of terminal acetylenes is 1. The van der Waals surface area contributed by atoms with E-state index in [4.69, 9.17) is 6.42 Å². The lowest BCUT2D eigenvalue weighted by molar-refractivity contribution is 0.688. The minimum absolute atomic E-state index is 0.624. The van der Waals surface area contributed by atoms with E-state index in [0.717, 1.165) is 22.2 Å². The Labute approximate surface area is 83.4 Å². The van der Waals surface area contributed by atoms with Crippen molar-refractivity contribution in [1.29, 1.82) is 0 Å². The largest absolute Gasteiger partial charge is 0.361 e. The SMILES string of the molecule is C#Cc1nc(NCC(C)C)sc1C. The standard InChI is InChI=1S/C10H14N2S/c1-5-9-8(4)13-10(12-9)11-6-7(2)3/h1,7H,6H2,2-4H3,(H,11,12). The minimum atomic E-state index is 0.624.